The Labute approximate surface area is 179 Å². The van der Waals surface area contributed by atoms with Gasteiger partial charge in [-0.15, -0.1) is 0 Å². The van der Waals surface area contributed by atoms with Gasteiger partial charge in [-0.25, -0.2) is 0 Å². The van der Waals surface area contributed by atoms with E-state index in [9.17, 15) is 30.7 Å². The first-order chi connectivity index (χ1) is 13.8. The van der Waals surface area contributed by atoms with E-state index in [1.165, 1.54) is 37.8 Å². The Hall–Kier alpha value is -1.23. The molecule has 4 atom stereocenters. The van der Waals surface area contributed by atoms with Crippen LogP contribution in [0, 0.1) is 17.8 Å². The molecule has 168 valence electrons. The third kappa shape index (κ3) is 4.81. The van der Waals surface area contributed by atoms with E-state index in [4.69, 9.17) is 12.2 Å². The predicted octanol–water partition coefficient (Wildman–Crippen LogP) is 6.68. The molecule has 3 rings (SSSR count). The lowest BCUT2D eigenvalue weighted by Gasteiger charge is -2.29. The fraction of sp³-hybridized carbons (Fsp3) is 0.632. The molecule has 0 aliphatic heterocycles. The average molecular weight is 475 g/mol. The van der Waals surface area contributed by atoms with Crippen molar-refractivity contribution in [3.8, 4) is 0 Å². The van der Waals surface area contributed by atoms with Crippen molar-refractivity contribution in [3.05, 3.63) is 24.3 Å². The first-order valence-electron chi connectivity index (χ1n) is 9.49. The summed E-state index contributed by atoms with van der Waals surface area (Å²) in [6, 6.07) is 4.82. The number of halogens is 7. The van der Waals surface area contributed by atoms with Crippen LogP contribution in [-0.4, -0.2) is 28.5 Å². The molecule has 1 aromatic carbocycles. The second-order valence-corrected chi connectivity index (χ2v) is 9.54. The number of alkyl halides is 7. The van der Waals surface area contributed by atoms with Crippen molar-refractivity contribution < 1.29 is 30.7 Å². The highest BCUT2D eigenvalue weighted by molar-refractivity contribution is 8.00. The van der Waals surface area contributed by atoms with Crippen molar-refractivity contribution in [2.75, 3.05) is 5.32 Å². The van der Waals surface area contributed by atoms with Crippen LogP contribution in [0.2, 0.25) is 0 Å². The largest absolute Gasteiger partial charge is 0.460 e. The molecule has 2 N–H and O–H groups in total. The number of hydrogen-bond acceptors (Lipinski definition) is 2. The van der Waals surface area contributed by atoms with Gasteiger partial charge in [-0.2, -0.15) is 30.7 Å². The van der Waals surface area contributed by atoms with Crippen LogP contribution in [0.5, 0.6) is 0 Å². The highest BCUT2D eigenvalue weighted by Crippen LogP contribution is 2.54. The first-order valence-corrected chi connectivity index (χ1v) is 10.7. The summed E-state index contributed by atoms with van der Waals surface area (Å²) in [5.41, 5.74) is 0.405. The highest BCUT2D eigenvalue weighted by atomic mass is 32.2. The molecule has 30 heavy (non-hydrogen) atoms. The van der Waals surface area contributed by atoms with Crippen molar-refractivity contribution in [1.29, 1.82) is 0 Å². The van der Waals surface area contributed by atoms with E-state index in [2.05, 4.69) is 17.6 Å². The van der Waals surface area contributed by atoms with Gasteiger partial charge in [-0.05, 0) is 92.2 Å². The number of anilines is 1. The van der Waals surface area contributed by atoms with Crippen LogP contribution in [0.3, 0.4) is 0 Å². The molecule has 2 aliphatic carbocycles. The maximum atomic E-state index is 13.5. The molecule has 2 saturated carbocycles. The number of nitrogens with one attached hydrogen (secondary N) is 2. The van der Waals surface area contributed by atoms with E-state index in [1.54, 1.807) is 0 Å². The van der Waals surface area contributed by atoms with E-state index in [0.29, 0.717) is 22.6 Å². The van der Waals surface area contributed by atoms with Crippen LogP contribution >= 0.6 is 24.0 Å². The standard InChI is InChI=1S/C19H21F7N2S2/c1-10(15-9-11-2-3-12(15)8-11)27-16(29)28-13-4-6-14(7-5-13)30-19(25,26)17(20,21)18(22,23)24/h4-7,10-12,15H,2-3,8-9H2,1H3,(H2,27,28,29)/t10-,11+,12-,15+/m0/s1. The lowest BCUT2D eigenvalue weighted by molar-refractivity contribution is -0.330. The Morgan fingerprint density at radius 3 is 2.17 bits per heavy atom. The minimum atomic E-state index is -6.35. The molecule has 0 amide bonds. The fourth-order valence-electron chi connectivity index (χ4n) is 4.37. The highest BCUT2D eigenvalue weighted by Gasteiger charge is 2.73. The van der Waals surface area contributed by atoms with Gasteiger partial charge in [0.15, 0.2) is 5.11 Å². The van der Waals surface area contributed by atoms with Gasteiger partial charge in [0.05, 0.1) is 0 Å². The number of thiocarbonyl (C=S) groups is 1. The zero-order valence-electron chi connectivity index (χ0n) is 15.9. The van der Waals surface area contributed by atoms with Crippen molar-refractivity contribution in [1.82, 2.24) is 5.32 Å². The van der Waals surface area contributed by atoms with E-state index < -0.39 is 34.0 Å². The predicted molar refractivity (Wildman–Crippen MR) is 106 cm³/mol. The van der Waals surface area contributed by atoms with Crippen molar-refractivity contribution in [3.63, 3.8) is 0 Å². The van der Waals surface area contributed by atoms with Crippen LogP contribution in [-0.2, 0) is 0 Å². The van der Waals surface area contributed by atoms with Crippen molar-refractivity contribution in [2.24, 2.45) is 17.8 Å². The van der Waals surface area contributed by atoms with E-state index in [-0.39, 0.29) is 6.04 Å². The smallest absolute Gasteiger partial charge is 0.360 e. The van der Waals surface area contributed by atoms with Crippen LogP contribution in [0.15, 0.2) is 29.2 Å². The molecule has 0 spiro atoms. The van der Waals surface area contributed by atoms with Gasteiger partial charge in [-0.3, -0.25) is 0 Å². The zero-order chi connectivity index (χ0) is 22.3. The van der Waals surface area contributed by atoms with Gasteiger partial charge >= 0.3 is 17.4 Å². The Balaban J connectivity index is 1.54. The number of thioether (sulfide) groups is 1. The Morgan fingerprint density at radius 1 is 1.03 bits per heavy atom. The Bertz CT molecular complexity index is 767. The fourth-order valence-corrected chi connectivity index (χ4v) is 5.49. The molecular formula is C19H21F7N2S2. The SMILES string of the molecule is C[C@H](NC(=S)Nc1ccc(SC(F)(F)C(F)(F)C(F)(F)F)cc1)[C@H]1C[C@@H]2CC[C@H]1C2. The van der Waals surface area contributed by atoms with Gasteiger partial charge in [0.25, 0.3) is 0 Å². The lowest BCUT2D eigenvalue weighted by Crippen LogP contribution is -2.49. The maximum absolute atomic E-state index is 13.5. The third-order valence-electron chi connectivity index (χ3n) is 5.87. The molecule has 2 aliphatic rings. The summed E-state index contributed by atoms with van der Waals surface area (Å²) in [4.78, 5) is -0.427. The second-order valence-electron chi connectivity index (χ2n) is 7.94. The number of rotatable bonds is 6. The van der Waals surface area contributed by atoms with Gasteiger partial charge < -0.3 is 10.6 Å². The molecule has 0 radical (unpaired) electrons. The molecular weight excluding hydrogens is 453 g/mol. The minimum absolute atomic E-state index is 0.165. The van der Waals surface area contributed by atoms with Crippen LogP contribution in [0.1, 0.15) is 32.6 Å². The van der Waals surface area contributed by atoms with Crippen LogP contribution in [0.25, 0.3) is 0 Å². The molecule has 11 heteroatoms. The average Bonchev–Trinajstić information content (AvgIpc) is 3.25. The molecule has 0 saturated heterocycles. The number of benzene rings is 1. The summed E-state index contributed by atoms with van der Waals surface area (Å²) in [6.07, 6.45) is -1.40. The summed E-state index contributed by atoms with van der Waals surface area (Å²) in [5, 5.41) is 1.09. The van der Waals surface area contributed by atoms with Gasteiger partial charge in [0.1, 0.15) is 0 Å². The Kier molecular flexibility index (Phi) is 6.54. The summed E-state index contributed by atoms with van der Waals surface area (Å²) in [6.45, 7) is 2.06. The molecule has 0 aromatic heterocycles. The normalized spacial score (nSPS) is 25.3. The summed E-state index contributed by atoms with van der Waals surface area (Å²) < 4.78 is 89.7. The van der Waals surface area contributed by atoms with Crippen LogP contribution < -0.4 is 10.6 Å². The number of hydrogen-bond donors (Lipinski definition) is 2. The maximum Gasteiger partial charge on any atom is 0.460 e. The lowest BCUT2D eigenvalue weighted by atomic mass is 9.84. The van der Waals surface area contributed by atoms with Gasteiger partial charge in [0, 0.05) is 16.6 Å². The zero-order valence-corrected chi connectivity index (χ0v) is 17.5. The molecule has 0 heterocycles. The first kappa shape index (κ1) is 23.4. The second kappa shape index (κ2) is 8.37. The van der Waals surface area contributed by atoms with Crippen molar-refractivity contribution in [2.45, 2.75) is 60.9 Å². The topological polar surface area (TPSA) is 24.1 Å². The van der Waals surface area contributed by atoms with Gasteiger partial charge in [0.2, 0.25) is 0 Å². The van der Waals surface area contributed by atoms with E-state index in [0.717, 1.165) is 18.1 Å². The molecule has 0 unspecified atom stereocenters. The molecule has 2 fully saturated rings. The number of fused-ring (bicyclic) bond motifs is 2. The summed E-state index contributed by atoms with van der Waals surface area (Å²) in [7, 11) is 0. The molecule has 2 nitrogen and oxygen atoms in total. The van der Waals surface area contributed by atoms with Crippen LogP contribution in [0.4, 0.5) is 36.4 Å². The monoisotopic (exact) mass is 474 g/mol. The molecule has 2 bridgehead atoms. The third-order valence-corrected chi connectivity index (χ3v) is 7.11. The summed E-state index contributed by atoms with van der Waals surface area (Å²) >= 11 is 4.43. The van der Waals surface area contributed by atoms with E-state index in [1.807, 2.05) is 0 Å². The minimum Gasteiger partial charge on any atom is -0.360 e. The van der Waals surface area contributed by atoms with Gasteiger partial charge in [-0.1, -0.05) is 6.42 Å². The Morgan fingerprint density at radius 2 is 1.67 bits per heavy atom. The molecule has 1 aromatic rings. The quantitative estimate of drug-likeness (QED) is 0.273. The van der Waals surface area contributed by atoms with Crippen molar-refractivity contribution >= 4 is 34.8 Å². The summed E-state index contributed by atoms with van der Waals surface area (Å²) in [5.74, 6) is -4.12. The van der Waals surface area contributed by atoms with E-state index >= 15 is 0 Å².